The van der Waals surface area contributed by atoms with E-state index in [0.717, 1.165) is 0 Å². The molecule has 0 saturated heterocycles. The van der Waals surface area contributed by atoms with Crippen molar-refractivity contribution in [3.05, 3.63) is 28.2 Å². The second-order valence-electron chi connectivity index (χ2n) is 3.31. The topological polar surface area (TPSA) is 62.3 Å². The molecule has 0 spiro atoms. The van der Waals surface area contributed by atoms with Crippen LogP contribution in [0.4, 0.5) is 0 Å². The molecule has 0 fully saturated rings. The highest BCUT2D eigenvalue weighted by molar-refractivity contribution is 5.34. The van der Waals surface area contributed by atoms with E-state index in [2.05, 4.69) is 4.98 Å². The largest absolute Gasteiger partial charge is 0.496 e. The molecule has 0 unspecified atom stereocenters. The lowest BCUT2D eigenvalue weighted by Gasteiger charge is -2.18. The molecular formula is C9H13NO3. The number of methoxy groups -OCH3 is 1. The summed E-state index contributed by atoms with van der Waals surface area (Å²) in [5, 5.41) is 9.68. The van der Waals surface area contributed by atoms with Crippen molar-refractivity contribution in [3.63, 3.8) is 0 Å². The molecule has 0 saturated carbocycles. The van der Waals surface area contributed by atoms with Crippen LogP contribution in [0.1, 0.15) is 19.4 Å². The Labute approximate surface area is 76.2 Å². The standard InChI is InChI=1S/C9H13NO3/c1-9(2,12)7-6(13-3)4-5-10-8(7)11/h4-5,12H,1-3H3,(H,10,11). The molecule has 0 amide bonds. The molecular weight excluding hydrogens is 170 g/mol. The number of pyridine rings is 1. The number of nitrogens with one attached hydrogen (secondary N) is 1. The van der Waals surface area contributed by atoms with Crippen LogP contribution in [0.5, 0.6) is 5.75 Å². The second-order valence-corrected chi connectivity index (χ2v) is 3.31. The van der Waals surface area contributed by atoms with Crippen LogP contribution in [0.3, 0.4) is 0 Å². The average Bonchev–Trinajstić information content (AvgIpc) is 2.01. The highest BCUT2D eigenvalue weighted by atomic mass is 16.5. The van der Waals surface area contributed by atoms with Crippen LogP contribution in [-0.4, -0.2) is 17.2 Å². The number of aromatic nitrogens is 1. The van der Waals surface area contributed by atoms with Gasteiger partial charge in [0, 0.05) is 6.20 Å². The Morgan fingerprint density at radius 3 is 2.54 bits per heavy atom. The van der Waals surface area contributed by atoms with Gasteiger partial charge in [-0.3, -0.25) is 4.79 Å². The van der Waals surface area contributed by atoms with Crippen molar-refractivity contribution in [3.8, 4) is 5.75 Å². The predicted molar refractivity (Wildman–Crippen MR) is 48.9 cm³/mol. The van der Waals surface area contributed by atoms with Gasteiger partial charge in [-0.05, 0) is 19.9 Å². The van der Waals surface area contributed by atoms with Crippen LogP contribution < -0.4 is 10.3 Å². The van der Waals surface area contributed by atoms with Crippen molar-refractivity contribution < 1.29 is 9.84 Å². The van der Waals surface area contributed by atoms with Crippen LogP contribution in [0.25, 0.3) is 0 Å². The molecule has 0 aliphatic carbocycles. The lowest BCUT2D eigenvalue weighted by molar-refractivity contribution is 0.0740. The van der Waals surface area contributed by atoms with Crippen molar-refractivity contribution >= 4 is 0 Å². The van der Waals surface area contributed by atoms with E-state index in [-0.39, 0.29) is 11.1 Å². The third-order valence-corrected chi connectivity index (χ3v) is 1.75. The first-order valence-electron chi connectivity index (χ1n) is 3.95. The maximum Gasteiger partial charge on any atom is 0.257 e. The Bertz CT molecular complexity index is 349. The Hall–Kier alpha value is -1.29. The summed E-state index contributed by atoms with van der Waals surface area (Å²) in [6.07, 6.45) is 1.48. The molecule has 0 aromatic carbocycles. The predicted octanol–water partition coefficient (Wildman–Crippen LogP) is 0.611. The van der Waals surface area contributed by atoms with Gasteiger partial charge in [0.05, 0.1) is 18.3 Å². The Balaban J connectivity index is 3.41. The maximum absolute atomic E-state index is 11.4. The number of hydrogen-bond donors (Lipinski definition) is 2. The summed E-state index contributed by atoms with van der Waals surface area (Å²) in [4.78, 5) is 13.8. The first kappa shape index (κ1) is 9.80. The lowest BCUT2D eigenvalue weighted by atomic mass is 9.99. The van der Waals surface area contributed by atoms with Crippen LogP contribution in [0, 0.1) is 0 Å². The van der Waals surface area contributed by atoms with Crippen molar-refractivity contribution in [2.75, 3.05) is 7.11 Å². The average molecular weight is 183 g/mol. The monoisotopic (exact) mass is 183 g/mol. The molecule has 4 nitrogen and oxygen atoms in total. The summed E-state index contributed by atoms with van der Waals surface area (Å²) in [5.41, 5.74) is -1.27. The molecule has 1 aromatic rings. The lowest BCUT2D eigenvalue weighted by Crippen LogP contribution is -2.27. The molecule has 0 aliphatic rings. The summed E-state index contributed by atoms with van der Waals surface area (Å²) >= 11 is 0. The zero-order valence-electron chi connectivity index (χ0n) is 7.92. The van der Waals surface area contributed by atoms with Gasteiger partial charge < -0.3 is 14.8 Å². The number of rotatable bonds is 2. The highest BCUT2D eigenvalue weighted by Crippen LogP contribution is 2.24. The number of aliphatic hydroxyl groups is 1. The van der Waals surface area contributed by atoms with Gasteiger partial charge in [-0.1, -0.05) is 0 Å². The molecule has 0 aliphatic heterocycles. The first-order valence-corrected chi connectivity index (χ1v) is 3.95. The second kappa shape index (κ2) is 3.22. The van der Waals surface area contributed by atoms with Crippen LogP contribution in [-0.2, 0) is 5.60 Å². The van der Waals surface area contributed by atoms with E-state index in [4.69, 9.17) is 4.74 Å². The number of aromatic amines is 1. The quantitative estimate of drug-likeness (QED) is 0.706. The minimum absolute atomic E-state index is 0.248. The first-order chi connectivity index (χ1) is 5.96. The number of hydrogen-bond acceptors (Lipinski definition) is 3. The van der Waals surface area contributed by atoms with E-state index in [1.165, 1.54) is 13.3 Å². The Morgan fingerprint density at radius 1 is 1.54 bits per heavy atom. The van der Waals surface area contributed by atoms with Gasteiger partial charge in [0.25, 0.3) is 5.56 Å². The fraction of sp³-hybridized carbons (Fsp3) is 0.444. The minimum atomic E-state index is -1.19. The molecule has 0 radical (unpaired) electrons. The normalized spacial score (nSPS) is 11.4. The zero-order valence-corrected chi connectivity index (χ0v) is 7.92. The fourth-order valence-corrected chi connectivity index (χ4v) is 1.21. The van der Waals surface area contributed by atoms with E-state index in [0.29, 0.717) is 5.75 Å². The van der Waals surface area contributed by atoms with Gasteiger partial charge in [0.1, 0.15) is 5.75 Å². The van der Waals surface area contributed by atoms with Gasteiger partial charge in [-0.2, -0.15) is 0 Å². The van der Waals surface area contributed by atoms with E-state index >= 15 is 0 Å². The molecule has 1 rings (SSSR count). The summed E-state index contributed by atoms with van der Waals surface area (Å²) in [6, 6.07) is 1.61. The molecule has 4 heteroatoms. The molecule has 72 valence electrons. The van der Waals surface area contributed by atoms with Gasteiger partial charge in [0.2, 0.25) is 0 Å². The Kier molecular flexibility index (Phi) is 2.43. The van der Waals surface area contributed by atoms with Crippen molar-refractivity contribution in [1.82, 2.24) is 4.98 Å². The summed E-state index contributed by atoms with van der Waals surface area (Å²) < 4.78 is 4.97. The highest BCUT2D eigenvalue weighted by Gasteiger charge is 2.24. The van der Waals surface area contributed by atoms with Gasteiger partial charge >= 0.3 is 0 Å². The summed E-state index contributed by atoms with van der Waals surface area (Å²) in [6.45, 7) is 3.08. The van der Waals surface area contributed by atoms with Crippen molar-refractivity contribution in [2.45, 2.75) is 19.4 Å². The molecule has 13 heavy (non-hydrogen) atoms. The number of ether oxygens (including phenoxy) is 1. The third-order valence-electron chi connectivity index (χ3n) is 1.75. The molecule has 1 aromatic heterocycles. The van der Waals surface area contributed by atoms with E-state index in [1.807, 2.05) is 0 Å². The van der Waals surface area contributed by atoms with Crippen LogP contribution in [0.2, 0.25) is 0 Å². The van der Waals surface area contributed by atoms with Crippen molar-refractivity contribution in [2.24, 2.45) is 0 Å². The van der Waals surface area contributed by atoms with Crippen LogP contribution >= 0.6 is 0 Å². The van der Waals surface area contributed by atoms with Crippen molar-refractivity contribution in [1.29, 1.82) is 0 Å². The van der Waals surface area contributed by atoms with E-state index < -0.39 is 5.60 Å². The number of H-pyrrole nitrogens is 1. The van der Waals surface area contributed by atoms with Gasteiger partial charge in [-0.25, -0.2) is 0 Å². The van der Waals surface area contributed by atoms with Gasteiger partial charge in [0.15, 0.2) is 0 Å². The molecule has 2 N–H and O–H groups in total. The van der Waals surface area contributed by atoms with Gasteiger partial charge in [-0.15, -0.1) is 0 Å². The smallest absolute Gasteiger partial charge is 0.257 e. The molecule has 0 atom stereocenters. The maximum atomic E-state index is 11.4. The molecule has 1 heterocycles. The van der Waals surface area contributed by atoms with E-state index in [9.17, 15) is 9.90 Å². The Morgan fingerprint density at radius 2 is 2.15 bits per heavy atom. The molecule has 0 bridgehead atoms. The summed E-state index contributed by atoms with van der Waals surface area (Å²) in [7, 11) is 1.46. The summed E-state index contributed by atoms with van der Waals surface area (Å²) in [5.74, 6) is 0.399. The third kappa shape index (κ3) is 1.89. The van der Waals surface area contributed by atoms with E-state index in [1.54, 1.807) is 19.9 Å². The fourth-order valence-electron chi connectivity index (χ4n) is 1.21. The minimum Gasteiger partial charge on any atom is -0.496 e. The zero-order chi connectivity index (χ0) is 10.1. The van der Waals surface area contributed by atoms with Crippen LogP contribution in [0.15, 0.2) is 17.1 Å². The SMILES string of the molecule is COc1cc[nH]c(=O)c1C(C)(C)O.